The van der Waals surface area contributed by atoms with E-state index in [1.807, 2.05) is 38.1 Å². The number of rotatable bonds is 10. The molecule has 2 rings (SSSR count). The predicted octanol–water partition coefficient (Wildman–Crippen LogP) is 4.25. The minimum Gasteiger partial charge on any atom is -0.497 e. The van der Waals surface area contributed by atoms with Crippen LogP contribution in [0.5, 0.6) is 11.5 Å². The van der Waals surface area contributed by atoms with E-state index in [9.17, 15) is 0 Å². The summed E-state index contributed by atoms with van der Waals surface area (Å²) in [5.74, 6) is 2.55. The summed E-state index contributed by atoms with van der Waals surface area (Å²) >= 11 is 1.73. The monoisotopic (exact) mass is 385 g/mol. The average molecular weight is 386 g/mol. The van der Waals surface area contributed by atoms with Gasteiger partial charge in [-0.1, -0.05) is 12.1 Å². The summed E-state index contributed by atoms with van der Waals surface area (Å²) in [6.07, 6.45) is 0. The Labute approximate surface area is 166 Å². The first kappa shape index (κ1) is 20.9. The Balaban J connectivity index is 2.06. The fourth-order valence-electron chi connectivity index (χ4n) is 2.42. The van der Waals surface area contributed by atoms with Gasteiger partial charge in [0.15, 0.2) is 0 Å². The van der Waals surface area contributed by atoms with Crippen LogP contribution in [0.2, 0.25) is 0 Å². The van der Waals surface area contributed by atoms with Crippen molar-refractivity contribution < 1.29 is 9.47 Å². The smallest absolute Gasteiger partial charge is 0.119 e. The van der Waals surface area contributed by atoms with E-state index in [-0.39, 0.29) is 0 Å². The summed E-state index contributed by atoms with van der Waals surface area (Å²) in [5.41, 5.74) is 1.79. The molecule has 2 aromatic rings. The molecule has 0 saturated heterocycles. The first-order valence-corrected chi connectivity index (χ1v) is 9.75. The summed E-state index contributed by atoms with van der Waals surface area (Å²) in [7, 11) is 3.34. The Kier molecular flexibility index (Phi) is 7.83. The molecule has 6 heteroatoms. The fraction of sp³-hybridized carbons (Fsp3) is 0.381. The van der Waals surface area contributed by atoms with E-state index in [2.05, 4.69) is 40.0 Å². The largest absolute Gasteiger partial charge is 0.497 e. The molecule has 0 spiro atoms. The van der Waals surface area contributed by atoms with Gasteiger partial charge in [-0.25, -0.2) is 0 Å². The third kappa shape index (κ3) is 6.70. The molecule has 5 nitrogen and oxygen atoms in total. The van der Waals surface area contributed by atoms with Gasteiger partial charge in [0.1, 0.15) is 17.0 Å². The number of nitrogens with one attached hydrogen (secondary N) is 1. The number of anilines is 1. The molecule has 0 aliphatic rings. The summed E-state index contributed by atoms with van der Waals surface area (Å²) in [5, 5.41) is 12.4. The second-order valence-corrected chi connectivity index (χ2v) is 7.69. The lowest BCUT2D eigenvalue weighted by Crippen LogP contribution is -2.39. The maximum absolute atomic E-state index is 9.12. The standard InChI is InChI=1S/C21H27N3O2S/c1-21(2,16-22)23-13-14-27-24(18-7-11-20(26-4)12-8-18)15-17-5-9-19(25-3)10-6-17/h5-12,23H,13-15H2,1-4H3. The van der Waals surface area contributed by atoms with Crippen LogP contribution in [0.3, 0.4) is 0 Å². The van der Waals surface area contributed by atoms with Gasteiger partial charge in [-0.2, -0.15) is 5.26 Å². The highest BCUT2D eigenvalue weighted by molar-refractivity contribution is 8.00. The van der Waals surface area contributed by atoms with E-state index in [1.165, 1.54) is 5.56 Å². The number of nitriles is 1. The summed E-state index contributed by atoms with van der Waals surface area (Å²) in [6.45, 7) is 5.29. The molecule has 27 heavy (non-hydrogen) atoms. The van der Waals surface area contributed by atoms with Gasteiger partial charge < -0.3 is 13.8 Å². The molecular weight excluding hydrogens is 358 g/mol. The predicted molar refractivity (Wildman–Crippen MR) is 112 cm³/mol. The second-order valence-electron chi connectivity index (χ2n) is 6.58. The van der Waals surface area contributed by atoms with Gasteiger partial charge in [0, 0.05) is 18.0 Å². The molecular formula is C21H27N3O2S. The number of hydrogen-bond acceptors (Lipinski definition) is 6. The Morgan fingerprint density at radius 3 is 2.07 bits per heavy atom. The summed E-state index contributed by atoms with van der Waals surface area (Å²) < 4.78 is 12.8. The second kappa shape index (κ2) is 10.1. The Bertz CT molecular complexity index is 740. The van der Waals surface area contributed by atoms with Crippen LogP contribution < -0.4 is 19.1 Å². The van der Waals surface area contributed by atoms with Crippen LogP contribution >= 0.6 is 11.9 Å². The first-order chi connectivity index (χ1) is 13.0. The van der Waals surface area contributed by atoms with Crippen LogP contribution in [-0.2, 0) is 6.54 Å². The lowest BCUT2D eigenvalue weighted by Gasteiger charge is -2.25. The highest BCUT2D eigenvalue weighted by atomic mass is 32.2. The van der Waals surface area contributed by atoms with Crippen LogP contribution in [0.1, 0.15) is 19.4 Å². The lowest BCUT2D eigenvalue weighted by atomic mass is 10.1. The fourth-order valence-corrected chi connectivity index (χ4v) is 3.34. The van der Waals surface area contributed by atoms with Crippen LogP contribution in [0.25, 0.3) is 0 Å². The van der Waals surface area contributed by atoms with Crippen molar-refractivity contribution in [1.29, 1.82) is 5.26 Å². The third-order valence-electron chi connectivity index (χ3n) is 4.04. The van der Waals surface area contributed by atoms with Gasteiger partial charge >= 0.3 is 0 Å². The highest BCUT2D eigenvalue weighted by Gasteiger charge is 2.15. The minimum atomic E-state index is -0.512. The molecule has 0 fully saturated rings. The SMILES string of the molecule is COc1ccc(CN(SCCNC(C)(C)C#N)c2ccc(OC)cc2)cc1. The van der Waals surface area contributed by atoms with Gasteiger partial charge in [-0.15, -0.1) is 0 Å². The van der Waals surface area contributed by atoms with Crippen molar-refractivity contribution in [2.24, 2.45) is 0 Å². The molecule has 0 atom stereocenters. The number of ether oxygens (including phenoxy) is 2. The average Bonchev–Trinajstić information content (AvgIpc) is 2.71. The minimum absolute atomic E-state index is 0.512. The van der Waals surface area contributed by atoms with Gasteiger partial charge in [0.05, 0.1) is 26.8 Å². The van der Waals surface area contributed by atoms with Crippen molar-refractivity contribution in [2.75, 3.05) is 30.8 Å². The molecule has 2 aromatic carbocycles. The molecule has 144 valence electrons. The zero-order valence-corrected chi connectivity index (χ0v) is 17.2. The third-order valence-corrected chi connectivity index (χ3v) is 5.08. The Hall–Kier alpha value is -2.36. The first-order valence-electron chi connectivity index (χ1n) is 8.81. The summed E-state index contributed by atoms with van der Waals surface area (Å²) in [6, 6.07) is 18.4. The van der Waals surface area contributed by atoms with Gasteiger partial charge in [0.25, 0.3) is 0 Å². The van der Waals surface area contributed by atoms with Crippen molar-refractivity contribution >= 4 is 17.6 Å². The normalized spacial score (nSPS) is 10.9. The van der Waals surface area contributed by atoms with E-state index in [4.69, 9.17) is 14.7 Å². The van der Waals surface area contributed by atoms with Crippen molar-refractivity contribution in [3.63, 3.8) is 0 Å². The molecule has 0 heterocycles. The van der Waals surface area contributed by atoms with Crippen LogP contribution in [0.15, 0.2) is 48.5 Å². The van der Waals surface area contributed by atoms with Gasteiger partial charge in [-0.05, 0) is 67.8 Å². The number of hydrogen-bond donors (Lipinski definition) is 1. The van der Waals surface area contributed by atoms with E-state index in [1.54, 1.807) is 26.2 Å². The summed E-state index contributed by atoms with van der Waals surface area (Å²) in [4.78, 5) is 0. The maximum Gasteiger partial charge on any atom is 0.119 e. The number of methoxy groups -OCH3 is 2. The van der Waals surface area contributed by atoms with Crippen LogP contribution in [0, 0.1) is 11.3 Å². The quantitative estimate of drug-likeness (QED) is 0.487. The molecule has 0 aliphatic carbocycles. The highest BCUT2D eigenvalue weighted by Crippen LogP contribution is 2.27. The van der Waals surface area contributed by atoms with E-state index in [0.29, 0.717) is 0 Å². The zero-order valence-electron chi connectivity index (χ0n) is 16.4. The molecule has 0 aromatic heterocycles. The maximum atomic E-state index is 9.12. The van der Waals surface area contributed by atoms with E-state index in [0.717, 1.165) is 36.0 Å². The van der Waals surface area contributed by atoms with Gasteiger partial charge in [0.2, 0.25) is 0 Å². The molecule has 0 aliphatic heterocycles. The Morgan fingerprint density at radius 1 is 1.00 bits per heavy atom. The Morgan fingerprint density at radius 2 is 1.56 bits per heavy atom. The zero-order chi connectivity index (χ0) is 19.7. The molecule has 0 unspecified atom stereocenters. The van der Waals surface area contributed by atoms with E-state index < -0.39 is 5.54 Å². The van der Waals surface area contributed by atoms with Crippen molar-refractivity contribution in [3.8, 4) is 17.6 Å². The number of nitrogens with zero attached hydrogens (tertiary/aromatic N) is 2. The number of benzene rings is 2. The molecule has 0 radical (unpaired) electrons. The van der Waals surface area contributed by atoms with Crippen LogP contribution in [-0.4, -0.2) is 32.1 Å². The molecule has 0 bridgehead atoms. The lowest BCUT2D eigenvalue weighted by molar-refractivity contribution is 0.414. The molecule has 0 amide bonds. The molecule has 1 N–H and O–H groups in total. The molecule has 0 saturated carbocycles. The van der Waals surface area contributed by atoms with Crippen LogP contribution in [0.4, 0.5) is 5.69 Å². The van der Waals surface area contributed by atoms with Gasteiger partial charge in [-0.3, -0.25) is 5.32 Å². The van der Waals surface area contributed by atoms with Crippen molar-refractivity contribution in [2.45, 2.75) is 25.9 Å². The van der Waals surface area contributed by atoms with Crippen molar-refractivity contribution in [3.05, 3.63) is 54.1 Å². The van der Waals surface area contributed by atoms with Crippen molar-refractivity contribution in [1.82, 2.24) is 5.32 Å². The van der Waals surface area contributed by atoms with E-state index >= 15 is 0 Å². The topological polar surface area (TPSA) is 57.5 Å².